The van der Waals surface area contributed by atoms with Crippen LogP contribution in [0.5, 0.6) is 0 Å². The number of anilines is 1. The number of benzene rings is 2. The molecule has 0 fully saturated rings. The Balaban J connectivity index is 1.88. The van der Waals surface area contributed by atoms with Gasteiger partial charge >= 0.3 is 0 Å². The van der Waals surface area contributed by atoms with Crippen molar-refractivity contribution in [1.82, 2.24) is 4.98 Å². The monoisotopic (exact) mass is 296 g/mol. The molecule has 4 heteroatoms. The Labute approximate surface area is 127 Å². The van der Waals surface area contributed by atoms with E-state index in [0.717, 1.165) is 22.2 Å². The Hall–Kier alpha value is -2.52. The minimum atomic E-state index is -0.225. The fourth-order valence-corrected chi connectivity index (χ4v) is 2.37. The SMILES string of the molecule is C=C(C(=O)Nc1ccccc1)c1c[nH]c2cc(Cl)ccc12. The van der Waals surface area contributed by atoms with E-state index in [-0.39, 0.29) is 5.91 Å². The molecule has 0 aliphatic carbocycles. The Morgan fingerprint density at radius 1 is 1.14 bits per heavy atom. The summed E-state index contributed by atoms with van der Waals surface area (Å²) in [5.74, 6) is -0.225. The van der Waals surface area contributed by atoms with E-state index in [1.54, 1.807) is 12.3 Å². The van der Waals surface area contributed by atoms with Gasteiger partial charge in [0.05, 0.1) is 0 Å². The summed E-state index contributed by atoms with van der Waals surface area (Å²) in [4.78, 5) is 15.4. The second-order valence-electron chi connectivity index (χ2n) is 4.69. The van der Waals surface area contributed by atoms with Gasteiger partial charge in [-0.2, -0.15) is 0 Å². The van der Waals surface area contributed by atoms with Gasteiger partial charge in [0.1, 0.15) is 0 Å². The zero-order valence-electron chi connectivity index (χ0n) is 11.2. The van der Waals surface area contributed by atoms with Gasteiger partial charge in [0.25, 0.3) is 5.91 Å². The molecule has 3 rings (SSSR count). The van der Waals surface area contributed by atoms with E-state index >= 15 is 0 Å². The maximum absolute atomic E-state index is 12.3. The van der Waals surface area contributed by atoms with E-state index in [1.807, 2.05) is 42.5 Å². The summed E-state index contributed by atoms with van der Waals surface area (Å²) in [5, 5.41) is 4.40. The molecule has 3 aromatic rings. The molecule has 2 N–H and O–H groups in total. The molecule has 0 aliphatic heterocycles. The third kappa shape index (κ3) is 2.69. The van der Waals surface area contributed by atoms with Crippen molar-refractivity contribution >= 4 is 39.7 Å². The van der Waals surface area contributed by atoms with Crippen molar-refractivity contribution in [2.75, 3.05) is 5.32 Å². The molecular formula is C17H13ClN2O. The van der Waals surface area contributed by atoms with E-state index < -0.39 is 0 Å². The maximum atomic E-state index is 12.3. The number of carbonyl (C=O) groups is 1. The van der Waals surface area contributed by atoms with Gasteiger partial charge in [-0.3, -0.25) is 4.79 Å². The van der Waals surface area contributed by atoms with Crippen LogP contribution in [0.15, 0.2) is 61.3 Å². The Morgan fingerprint density at radius 3 is 2.67 bits per heavy atom. The molecule has 0 saturated carbocycles. The first-order chi connectivity index (χ1) is 10.1. The van der Waals surface area contributed by atoms with Crippen LogP contribution in [0.1, 0.15) is 5.56 Å². The van der Waals surface area contributed by atoms with Crippen LogP contribution in [-0.4, -0.2) is 10.9 Å². The van der Waals surface area contributed by atoms with Crippen molar-refractivity contribution in [3.05, 3.63) is 71.9 Å². The van der Waals surface area contributed by atoms with Gasteiger partial charge in [-0.15, -0.1) is 0 Å². The highest BCUT2D eigenvalue weighted by molar-refractivity contribution is 6.31. The number of para-hydroxylation sites is 1. The fraction of sp³-hybridized carbons (Fsp3) is 0. The van der Waals surface area contributed by atoms with Gasteiger partial charge in [0, 0.05) is 38.9 Å². The Kier molecular flexibility index (Phi) is 3.50. The number of hydrogen-bond donors (Lipinski definition) is 2. The molecule has 0 radical (unpaired) electrons. The third-order valence-electron chi connectivity index (χ3n) is 3.27. The lowest BCUT2D eigenvalue weighted by Gasteiger charge is -2.07. The highest BCUT2D eigenvalue weighted by atomic mass is 35.5. The molecular weight excluding hydrogens is 284 g/mol. The van der Waals surface area contributed by atoms with Crippen molar-refractivity contribution in [3.63, 3.8) is 0 Å². The fourth-order valence-electron chi connectivity index (χ4n) is 2.20. The van der Waals surface area contributed by atoms with Gasteiger partial charge in [-0.25, -0.2) is 0 Å². The minimum Gasteiger partial charge on any atom is -0.360 e. The number of aromatic amines is 1. The number of H-pyrrole nitrogens is 1. The number of carbonyl (C=O) groups excluding carboxylic acids is 1. The van der Waals surface area contributed by atoms with Crippen molar-refractivity contribution < 1.29 is 4.79 Å². The topological polar surface area (TPSA) is 44.9 Å². The molecule has 21 heavy (non-hydrogen) atoms. The van der Waals surface area contributed by atoms with Crippen LogP contribution in [0.4, 0.5) is 5.69 Å². The molecule has 0 saturated heterocycles. The molecule has 1 amide bonds. The van der Waals surface area contributed by atoms with Crippen molar-refractivity contribution in [2.24, 2.45) is 0 Å². The average molecular weight is 297 g/mol. The molecule has 3 nitrogen and oxygen atoms in total. The molecule has 0 spiro atoms. The molecule has 2 aromatic carbocycles. The summed E-state index contributed by atoms with van der Waals surface area (Å²) in [6, 6.07) is 14.8. The summed E-state index contributed by atoms with van der Waals surface area (Å²) >= 11 is 5.96. The predicted octanol–water partition coefficient (Wildman–Crippen LogP) is 4.47. The van der Waals surface area contributed by atoms with E-state index in [1.165, 1.54) is 0 Å². The molecule has 0 unspecified atom stereocenters. The van der Waals surface area contributed by atoms with Gasteiger partial charge in [0.15, 0.2) is 0 Å². The first-order valence-corrected chi connectivity index (χ1v) is 6.85. The zero-order chi connectivity index (χ0) is 14.8. The van der Waals surface area contributed by atoms with Crippen LogP contribution >= 0.6 is 11.6 Å². The van der Waals surface area contributed by atoms with E-state index in [0.29, 0.717) is 10.6 Å². The van der Waals surface area contributed by atoms with Crippen LogP contribution < -0.4 is 5.32 Å². The molecule has 0 bridgehead atoms. The van der Waals surface area contributed by atoms with Gasteiger partial charge < -0.3 is 10.3 Å². The van der Waals surface area contributed by atoms with Crippen molar-refractivity contribution in [1.29, 1.82) is 0 Å². The molecule has 1 aromatic heterocycles. The van der Waals surface area contributed by atoms with Crippen LogP contribution in [0.2, 0.25) is 5.02 Å². The summed E-state index contributed by atoms with van der Waals surface area (Å²) in [6.45, 7) is 3.90. The lowest BCUT2D eigenvalue weighted by molar-refractivity contribution is -0.111. The first-order valence-electron chi connectivity index (χ1n) is 6.47. The minimum absolute atomic E-state index is 0.225. The maximum Gasteiger partial charge on any atom is 0.255 e. The average Bonchev–Trinajstić information content (AvgIpc) is 2.90. The number of halogens is 1. The number of amides is 1. The molecule has 1 heterocycles. The van der Waals surface area contributed by atoms with Crippen LogP contribution in [-0.2, 0) is 4.79 Å². The summed E-state index contributed by atoms with van der Waals surface area (Å²) in [5.41, 5.74) is 2.81. The van der Waals surface area contributed by atoms with Crippen LogP contribution in [0, 0.1) is 0 Å². The van der Waals surface area contributed by atoms with Gasteiger partial charge in [0.2, 0.25) is 0 Å². The van der Waals surface area contributed by atoms with Gasteiger partial charge in [-0.1, -0.05) is 42.4 Å². The predicted molar refractivity (Wildman–Crippen MR) is 87.4 cm³/mol. The number of aromatic nitrogens is 1. The van der Waals surface area contributed by atoms with Crippen molar-refractivity contribution in [2.45, 2.75) is 0 Å². The summed E-state index contributed by atoms with van der Waals surface area (Å²) < 4.78 is 0. The first kappa shape index (κ1) is 13.5. The number of nitrogens with one attached hydrogen (secondary N) is 2. The quantitative estimate of drug-likeness (QED) is 0.688. The van der Waals surface area contributed by atoms with Gasteiger partial charge in [-0.05, 0) is 24.3 Å². The number of fused-ring (bicyclic) bond motifs is 1. The summed E-state index contributed by atoms with van der Waals surface area (Å²) in [7, 11) is 0. The van der Waals surface area contributed by atoms with Crippen molar-refractivity contribution in [3.8, 4) is 0 Å². The smallest absolute Gasteiger partial charge is 0.255 e. The molecule has 104 valence electrons. The standard InChI is InChI=1S/C17H13ClN2O/c1-11(17(21)20-13-5-3-2-4-6-13)15-10-19-16-9-12(18)7-8-14(15)16/h2-10,19H,1H2,(H,20,21). The van der Waals surface area contributed by atoms with E-state index in [2.05, 4.69) is 16.9 Å². The van der Waals surface area contributed by atoms with E-state index in [9.17, 15) is 4.79 Å². The largest absolute Gasteiger partial charge is 0.360 e. The van der Waals surface area contributed by atoms with Crippen LogP contribution in [0.3, 0.4) is 0 Å². The normalized spacial score (nSPS) is 10.5. The second kappa shape index (κ2) is 5.46. The second-order valence-corrected chi connectivity index (χ2v) is 5.13. The highest BCUT2D eigenvalue weighted by Gasteiger charge is 2.14. The number of hydrogen-bond acceptors (Lipinski definition) is 1. The Morgan fingerprint density at radius 2 is 1.90 bits per heavy atom. The van der Waals surface area contributed by atoms with Crippen LogP contribution in [0.25, 0.3) is 16.5 Å². The lowest BCUT2D eigenvalue weighted by Crippen LogP contribution is -2.12. The van der Waals surface area contributed by atoms with E-state index in [4.69, 9.17) is 11.6 Å². The lowest BCUT2D eigenvalue weighted by atomic mass is 10.1. The summed E-state index contributed by atoms with van der Waals surface area (Å²) in [6.07, 6.45) is 1.77. The zero-order valence-corrected chi connectivity index (χ0v) is 11.9. The highest BCUT2D eigenvalue weighted by Crippen LogP contribution is 2.27. The molecule has 0 aliphatic rings. The number of rotatable bonds is 3. The Bertz CT molecular complexity index is 821. The third-order valence-corrected chi connectivity index (χ3v) is 3.51. The molecule has 0 atom stereocenters.